The van der Waals surface area contributed by atoms with Gasteiger partial charge in [0.25, 0.3) is 0 Å². The van der Waals surface area contributed by atoms with Crippen molar-refractivity contribution in [1.29, 1.82) is 0 Å². The highest BCUT2D eigenvalue weighted by molar-refractivity contribution is 5.76. The molecule has 0 saturated heterocycles. The van der Waals surface area contributed by atoms with Crippen molar-refractivity contribution in [3.8, 4) is 11.5 Å². The highest BCUT2D eigenvalue weighted by atomic mass is 16.5. The number of benzene rings is 2. The highest BCUT2D eigenvalue weighted by Gasteiger charge is 2.38. The number of rotatable bonds is 9. The Hall–Kier alpha value is -2.49. The summed E-state index contributed by atoms with van der Waals surface area (Å²) >= 11 is 0. The van der Waals surface area contributed by atoms with Gasteiger partial charge in [-0.05, 0) is 49.1 Å². The van der Waals surface area contributed by atoms with E-state index in [0.29, 0.717) is 19.4 Å². The second-order valence-electron chi connectivity index (χ2n) is 6.90. The standard InChI is InChI=1S/C22H27NO3/c1-25-19-10-12-20(13-11-19)26-16-5-9-21(24)23-17-22(14-6-15-22)18-7-3-2-4-8-18/h2-4,7-8,10-13H,5-6,9,14-17H2,1H3,(H,23,24). The maximum absolute atomic E-state index is 12.2. The molecule has 0 aromatic heterocycles. The van der Waals surface area contributed by atoms with Crippen molar-refractivity contribution < 1.29 is 14.3 Å². The highest BCUT2D eigenvalue weighted by Crippen LogP contribution is 2.43. The van der Waals surface area contributed by atoms with Gasteiger partial charge in [0.15, 0.2) is 0 Å². The number of carbonyl (C=O) groups excluding carboxylic acids is 1. The molecular formula is C22H27NO3. The van der Waals surface area contributed by atoms with Crippen LogP contribution in [0.1, 0.15) is 37.7 Å². The Kier molecular flexibility index (Phi) is 6.16. The van der Waals surface area contributed by atoms with Crippen LogP contribution in [0.5, 0.6) is 11.5 Å². The number of hydrogen-bond donors (Lipinski definition) is 1. The van der Waals surface area contributed by atoms with Crippen molar-refractivity contribution >= 4 is 5.91 Å². The molecule has 4 heteroatoms. The molecule has 1 amide bonds. The lowest BCUT2D eigenvalue weighted by atomic mass is 9.64. The lowest BCUT2D eigenvalue weighted by molar-refractivity contribution is -0.121. The Morgan fingerprint density at radius 2 is 1.73 bits per heavy atom. The minimum absolute atomic E-state index is 0.102. The Balaban J connectivity index is 1.37. The fourth-order valence-electron chi connectivity index (χ4n) is 3.41. The average Bonchev–Trinajstić information content (AvgIpc) is 2.66. The summed E-state index contributed by atoms with van der Waals surface area (Å²) in [6.45, 7) is 1.26. The van der Waals surface area contributed by atoms with Crippen LogP contribution in [0.15, 0.2) is 54.6 Å². The molecule has 2 aromatic rings. The van der Waals surface area contributed by atoms with Crippen LogP contribution in [0.25, 0.3) is 0 Å². The van der Waals surface area contributed by atoms with E-state index in [0.717, 1.165) is 30.9 Å². The van der Waals surface area contributed by atoms with Gasteiger partial charge in [0.1, 0.15) is 11.5 Å². The number of nitrogens with one attached hydrogen (secondary N) is 1. The van der Waals surface area contributed by atoms with Crippen molar-refractivity contribution in [2.24, 2.45) is 0 Å². The van der Waals surface area contributed by atoms with E-state index < -0.39 is 0 Å². The quantitative estimate of drug-likeness (QED) is 0.691. The molecule has 1 aliphatic rings. The normalized spacial score (nSPS) is 15.0. The summed E-state index contributed by atoms with van der Waals surface area (Å²) in [6.07, 6.45) is 4.73. The molecule has 0 radical (unpaired) electrons. The van der Waals surface area contributed by atoms with Crippen molar-refractivity contribution in [2.45, 2.75) is 37.5 Å². The molecule has 0 heterocycles. The van der Waals surface area contributed by atoms with Crippen LogP contribution < -0.4 is 14.8 Å². The molecule has 0 aliphatic heterocycles. The fraction of sp³-hybridized carbons (Fsp3) is 0.409. The molecule has 1 N–H and O–H groups in total. The Morgan fingerprint density at radius 1 is 1.04 bits per heavy atom. The predicted molar refractivity (Wildman–Crippen MR) is 103 cm³/mol. The van der Waals surface area contributed by atoms with E-state index in [9.17, 15) is 4.79 Å². The third-order valence-corrected chi connectivity index (χ3v) is 5.20. The summed E-state index contributed by atoms with van der Waals surface area (Å²) in [4.78, 5) is 12.2. The van der Waals surface area contributed by atoms with Gasteiger partial charge in [0.2, 0.25) is 5.91 Å². The number of carbonyl (C=O) groups is 1. The molecule has 26 heavy (non-hydrogen) atoms. The van der Waals surface area contributed by atoms with Crippen LogP contribution in [-0.2, 0) is 10.2 Å². The molecule has 0 bridgehead atoms. The van der Waals surface area contributed by atoms with Crippen molar-refractivity contribution in [2.75, 3.05) is 20.3 Å². The van der Waals surface area contributed by atoms with Crippen molar-refractivity contribution in [3.63, 3.8) is 0 Å². The van der Waals surface area contributed by atoms with Crippen LogP contribution in [0.3, 0.4) is 0 Å². The van der Waals surface area contributed by atoms with Crippen LogP contribution in [0.2, 0.25) is 0 Å². The zero-order chi connectivity index (χ0) is 18.2. The lowest BCUT2D eigenvalue weighted by Crippen LogP contribution is -2.45. The summed E-state index contributed by atoms with van der Waals surface area (Å²) in [7, 11) is 1.64. The van der Waals surface area contributed by atoms with Gasteiger partial charge in [-0.3, -0.25) is 4.79 Å². The van der Waals surface area contributed by atoms with E-state index in [1.165, 1.54) is 12.0 Å². The van der Waals surface area contributed by atoms with Crippen molar-refractivity contribution in [1.82, 2.24) is 5.32 Å². The van der Waals surface area contributed by atoms with Gasteiger partial charge in [0.05, 0.1) is 13.7 Å². The zero-order valence-electron chi connectivity index (χ0n) is 15.4. The summed E-state index contributed by atoms with van der Waals surface area (Å²) in [5.74, 6) is 1.70. The van der Waals surface area contributed by atoms with Crippen LogP contribution in [0.4, 0.5) is 0 Å². The smallest absolute Gasteiger partial charge is 0.220 e. The molecular weight excluding hydrogens is 326 g/mol. The molecule has 4 nitrogen and oxygen atoms in total. The third kappa shape index (κ3) is 4.57. The molecule has 1 saturated carbocycles. The van der Waals surface area contributed by atoms with E-state index >= 15 is 0 Å². The first kappa shape index (κ1) is 18.3. The molecule has 0 atom stereocenters. The minimum atomic E-state index is 0.102. The molecule has 2 aromatic carbocycles. The van der Waals surface area contributed by atoms with E-state index in [-0.39, 0.29) is 11.3 Å². The van der Waals surface area contributed by atoms with Crippen LogP contribution in [0, 0.1) is 0 Å². The molecule has 3 rings (SSSR count). The van der Waals surface area contributed by atoms with Gasteiger partial charge in [0, 0.05) is 18.4 Å². The summed E-state index contributed by atoms with van der Waals surface area (Å²) in [5, 5.41) is 3.13. The Bertz CT molecular complexity index is 693. The summed E-state index contributed by atoms with van der Waals surface area (Å²) in [6, 6.07) is 18.0. The maximum Gasteiger partial charge on any atom is 0.220 e. The van der Waals surface area contributed by atoms with E-state index in [4.69, 9.17) is 9.47 Å². The number of hydrogen-bond acceptors (Lipinski definition) is 3. The second-order valence-corrected chi connectivity index (χ2v) is 6.90. The zero-order valence-corrected chi connectivity index (χ0v) is 15.4. The Labute approximate surface area is 155 Å². The molecule has 138 valence electrons. The molecule has 0 spiro atoms. The van der Waals surface area contributed by atoms with Gasteiger partial charge in [-0.15, -0.1) is 0 Å². The average molecular weight is 353 g/mol. The Morgan fingerprint density at radius 3 is 2.35 bits per heavy atom. The van der Waals surface area contributed by atoms with Gasteiger partial charge >= 0.3 is 0 Å². The van der Waals surface area contributed by atoms with Gasteiger partial charge in [-0.2, -0.15) is 0 Å². The topological polar surface area (TPSA) is 47.6 Å². The number of ether oxygens (including phenoxy) is 2. The summed E-state index contributed by atoms with van der Waals surface area (Å²) < 4.78 is 10.8. The first-order valence-corrected chi connectivity index (χ1v) is 9.31. The molecule has 0 unspecified atom stereocenters. The van der Waals surface area contributed by atoms with Gasteiger partial charge in [-0.1, -0.05) is 36.8 Å². The van der Waals surface area contributed by atoms with E-state index in [1.54, 1.807) is 7.11 Å². The first-order valence-electron chi connectivity index (χ1n) is 9.31. The monoisotopic (exact) mass is 353 g/mol. The fourth-order valence-corrected chi connectivity index (χ4v) is 3.41. The predicted octanol–water partition coefficient (Wildman–Crippen LogP) is 4.09. The number of amides is 1. The lowest BCUT2D eigenvalue weighted by Gasteiger charge is -2.42. The third-order valence-electron chi connectivity index (χ3n) is 5.20. The molecule has 1 fully saturated rings. The van der Waals surface area contributed by atoms with Crippen molar-refractivity contribution in [3.05, 3.63) is 60.2 Å². The largest absolute Gasteiger partial charge is 0.497 e. The maximum atomic E-state index is 12.2. The second kappa shape index (κ2) is 8.75. The van der Waals surface area contributed by atoms with Crippen LogP contribution in [-0.4, -0.2) is 26.2 Å². The van der Waals surface area contributed by atoms with E-state index in [1.807, 2.05) is 30.3 Å². The number of methoxy groups -OCH3 is 1. The van der Waals surface area contributed by atoms with E-state index in [2.05, 4.69) is 29.6 Å². The van der Waals surface area contributed by atoms with Gasteiger partial charge in [-0.25, -0.2) is 0 Å². The SMILES string of the molecule is COc1ccc(OCCCC(=O)NCC2(c3ccccc3)CCC2)cc1. The summed E-state index contributed by atoms with van der Waals surface area (Å²) in [5.41, 5.74) is 1.48. The minimum Gasteiger partial charge on any atom is -0.497 e. The first-order chi connectivity index (χ1) is 12.7. The molecule has 1 aliphatic carbocycles. The van der Waals surface area contributed by atoms with Crippen LogP contribution >= 0.6 is 0 Å². The van der Waals surface area contributed by atoms with Gasteiger partial charge < -0.3 is 14.8 Å².